The Bertz CT molecular complexity index is 74.6. The molecule has 0 saturated carbocycles. The SMILES string of the molecule is C[C@H]1CC(O)CN1C. The molecule has 0 aromatic heterocycles. The van der Waals surface area contributed by atoms with Crippen molar-refractivity contribution in [2.45, 2.75) is 25.5 Å². The molecule has 0 spiro atoms. The van der Waals surface area contributed by atoms with E-state index in [4.69, 9.17) is 5.11 Å². The van der Waals surface area contributed by atoms with Crippen molar-refractivity contribution in [3.8, 4) is 0 Å². The van der Waals surface area contributed by atoms with E-state index in [9.17, 15) is 0 Å². The van der Waals surface area contributed by atoms with E-state index in [1.54, 1.807) is 0 Å². The number of likely N-dealkylation sites (tertiary alicyclic amines) is 1. The fourth-order valence-electron chi connectivity index (χ4n) is 1.16. The Morgan fingerprint density at radius 1 is 1.62 bits per heavy atom. The Hall–Kier alpha value is -0.0800. The summed E-state index contributed by atoms with van der Waals surface area (Å²) < 4.78 is 0. The van der Waals surface area contributed by atoms with Gasteiger partial charge in [0.05, 0.1) is 6.10 Å². The van der Waals surface area contributed by atoms with Crippen LogP contribution in [0, 0.1) is 0 Å². The van der Waals surface area contributed by atoms with Crippen LogP contribution in [0.25, 0.3) is 0 Å². The van der Waals surface area contributed by atoms with Crippen molar-refractivity contribution >= 4 is 0 Å². The minimum absolute atomic E-state index is 0.0741. The molecule has 0 aromatic carbocycles. The van der Waals surface area contributed by atoms with Crippen LogP contribution in [0.4, 0.5) is 0 Å². The zero-order chi connectivity index (χ0) is 6.15. The van der Waals surface area contributed by atoms with Gasteiger partial charge in [-0.2, -0.15) is 0 Å². The third-order valence-corrected chi connectivity index (χ3v) is 1.86. The zero-order valence-corrected chi connectivity index (χ0v) is 5.46. The standard InChI is InChI=1S/C6H13NO/c1-5-3-6(8)4-7(5)2/h5-6,8H,3-4H2,1-2H3/t5-,6?/m0/s1. The van der Waals surface area contributed by atoms with Gasteiger partial charge in [0.2, 0.25) is 0 Å². The first kappa shape index (κ1) is 6.05. The quantitative estimate of drug-likeness (QED) is 0.483. The molecule has 0 amide bonds. The lowest BCUT2D eigenvalue weighted by Gasteiger charge is -2.11. The molecule has 8 heavy (non-hydrogen) atoms. The highest BCUT2D eigenvalue weighted by atomic mass is 16.3. The molecular formula is C6H13NO. The average Bonchev–Trinajstić information content (AvgIpc) is 1.85. The van der Waals surface area contributed by atoms with Crippen LogP contribution in [0.3, 0.4) is 0 Å². The first-order valence-electron chi connectivity index (χ1n) is 3.08. The number of aliphatic hydroxyl groups is 1. The molecule has 1 heterocycles. The maximum absolute atomic E-state index is 9.03. The molecule has 0 aliphatic carbocycles. The smallest absolute Gasteiger partial charge is 0.0681 e. The van der Waals surface area contributed by atoms with Crippen molar-refractivity contribution in [3.05, 3.63) is 0 Å². The molecule has 0 aromatic rings. The number of aliphatic hydroxyl groups excluding tert-OH is 1. The van der Waals surface area contributed by atoms with Crippen LogP contribution >= 0.6 is 0 Å². The molecule has 1 unspecified atom stereocenters. The Kier molecular flexibility index (Phi) is 1.54. The second-order valence-electron chi connectivity index (χ2n) is 2.68. The molecule has 2 nitrogen and oxygen atoms in total. The van der Waals surface area contributed by atoms with Crippen LogP contribution in [0.2, 0.25) is 0 Å². The fraction of sp³-hybridized carbons (Fsp3) is 1.00. The highest BCUT2D eigenvalue weighted by molar-refractivity contribution is 4.78. The summed E-state index contributed by atoms with van der Waals surface area (Å²) >= 11 is 0. The van der Waals surface area contributed by atoms with Crippen molar-refractivity contribution in [1.82, 2.24) is 4.90 Å². The van der Waals surface area contributed by atoms with Gasteiger partial charge in [0.1, 0.15) is 0 Å². The second-order valence-corrected chi connectivity index (χ2v) is 2.68. The minimum atomic E-state index is -0.0741. The van der Waals surface area contributed by atoms with Crippen LogP contribution in [0.5, 0.6) is 0 Å². The van der Waals surface area contributed by atoms with E-state index < -0.39 is 0 Å². The van der Waals surface area contributed by atoms with E-state index in [2.05, 4.69) is 11.8 Å². The van der Waals surface area contributed by atoms with Crippen molar-refractivity contribution in [3.63, 3.8) is 0 Å². The summed E-state index contributed by atoms with van der Waals surface area (Å²) in [6.45, 7) is 2.98. The molecule has 1 aliphatic rings. The predicted molar refractivity (Wildman–Crippen MR) is 32.7 cm³/mol. The molecule has 0 radical (unpaired) electrons. The lowest BCUT2D eigenvalue weighted by Crippen LogP contribution is -2.21. The highest BCUT2D eigenvalue weighted by Crippen LogP contribution is 2.13. The first-order chi connectivity index (χ1) is 3.70. The third kappa shape index (κ3) is 1.01. The zero-order valence-electron chi connectivity index (χ0n) is 5.46. The Balaban J connectivity index is 2.39. The summed E-state index contributed by atoms with van der Waals surface area (Å²) in [7, 11) is 2.04. The lowest BCUT2D eigenvalue weighted by molar-refractivity contribution is 0.182. The van der Waals surface area contributed by atoms with Gasteiger partial charge in [-0.25, -0.2) is 0 Å². The van der Waals surface area contributed by atoms with E-state index >= 15 is 0 Å². The van der Waals surface area contributed by atoms with Crippen LogP contribution in [-0.2, 0) is 0 Å². The van der Waals surface area contributed by atoms with Crippen molar-refractivity contribution < 1.29 is 5.11 Å². The number of β-amino-alcohol motifs (C(OH)–C–C–N with tert-alkyl or cyclic N) is 1. The van der Waals surface area contributed by atoms with Crippen LogP contribution in [0.15, 0.2) is 0 Å². The lowest BCUT2D eigenvalue weighted by atomic mass is 10.2. The number of rotatable bonds is 0. The molecule has 1 N–H and O–H groups in total. The maximum Gasteiger partial charge on any atom is 0.0681 e. The third-order valence-electron chi connectivity index (χ3n) is 1.86. The minimum Gasteiger partial charge on any atom is -0.392 e. The molecule has 48 valence electrons. The molecule has 2 heteroatoms. The van der Waals surface area contributed by atoms with Gasteiger partial charge in [-0.05, 0) is 20.4 Å². The number of hydrogen-bond acceptors (Lipinski definition) is 2. The van der Waals surface area contributed by atoms with Crippen molar-refractivity contribution in [2.24, 2.45) is 0 Å². The molecular weight excluding hydrogens is 102 g/mol. The second kappa shape index (κ2) is 2.03. The summed E-state index contributed by atoms with van der Waals surface area (Å²) in [6.07, 6.45) is 0.867. The van der Waals surface area contributed by atoms with Crippen molar-refractivity contribution in [1.29, 1.82) is 0 Å². The molecule has 2 atom stereocenters. The highest BCUT2D eigenvalue weighted by Gasteiger charge is 2.23. The Morgan fingerprint density at radius 3 is 2.38 bits per heavy atom. The van der Waals surface area contributed by atoms with Gasteiger partial charge in [-0.1, -0.05) is 0 Å². The monoisotopic (exact) mass is 115 g/mol. The van der Waals surface area contributed by atoms with Gasteiger partial charge in [-0.15, -0.1) is 0 Å². The topological polar surface area (TPSA) is 23.5 Å². The maximum atomic E-state index is 9.03. The van der Waals surface area contributed by atoms with E-state index in [0.29, 0.717) is 6.04 Å². The van der Waals surface area contributed by atoms with Gasteiger partial charge in [0.15, 0.2) is 0 Å². The number of nitrogens with zero attached hydrogens (tertiary/aromatic N) is 1. The van der Waals surface area contributed by atoms with Crippen LogP contribution < -0.4 is 0 Å². The summed E-state index contributed by atoms with van der Waals surface area (Å²) in [5, 5.41) is 9.03. The van der Waals surface area contributed by atoms with Gasteiger partial charge in [-0.3, -0.25) is 0 Å². The summed E-state index contributed by atoms with van der Waals surface area (Å²) in [4.78, 5) is 2.17. The van der Waals surface area contributed by atoms with Crippen LogP contribution in [0.1, 0.15) is 13.3 Å². The first-order valence-corrected chi connectivity index (χ1v) is 3.08. The Labute approximate surface area is 50.1 Å². The number of hydrogen-bond donors (Lipinski definition) is 1. The summed E-state index contributed by atoms with van der Waals surface area (Å²) in [6, 6.07) is 0.574. The van der Waals surface area contributed by atoms with E-state index in [0.717, 1.165) is 13.0 Å². The van der Waals surface area contributed by atoms with Crippen LogP contribution in [-0.4, -0.2) is 35.7 Å². The number of likely N-dealkylation sites (N-methyl/N-ethyl adjacent to an activating group) is 1. The summed E-state index contributed by atoms with van der Waals surface area (Å²) in [5.74, 6) is 0. The predicted octanol–water partition coefficient (Wildman–Crippen LogP) is 0.0713. The van der Waals surface area contributed by atoms with Gasteiger partial charge < -0.3 is 10.0 Å². The largest absolute Gasteiger partial charge is 0.392 e. The van der Waals surface area contributed by atoms with Gasteiger partial charge >= 0.3 is 0 Å². The molecule has 1 aliphatic heterocycles. The average molecular weight is 115 g/mol. The normalized spacial score (nSPS) is 40.9. The van der Waals surface area contributed by atoms with E-state index in [1.165, 1.54) is 0 Å². The molecule has 1 rings (SSSR count). The Morgan fingerprint density at radius 2 is 2.25 bits per heavy atom. The fourth-order valence-corrected chi connectivity index (χ4v) is 1.16. The van der Waals surface area contributed by atoms with Crippen molar-refractivity contribution in [2.75, 3.05) is 13.6 Å². The van der Waals surface area contributed by atoms with E-state index in [1.807, 2.05) is 7.05 Å². The molecule has 0 bridgehead atoms. The van der Waals surface area contributed by atoms with E-state index in [-0.39, 0.29) is 6.10 Å². The van der Waals surface area contributed by atoms with Gasteiger partial charge in [0, 0.05) is 12.6 Å². The summed E-state index contributed by atoms with van der Waals surface area (Å²) in [5.41, 5.74) is 0. The molecule has 1 fully saturated rings. The molecule has 1 saturated heterocycles. The van der Waals surface area contributed by atoms with Gasteiger partial charge in [0.25, 0.3) is 0 Å².